The molecule has 1 aromatic rings. The number of benzene rings is 1. The SMILES string of the molecule is CN(C(=O)C1CCNCC1)c1ccc(N2CCC(N(C)C)C2)cc1. The Balaban J connectivity index is 1.62. The zero-order valence-corrected chi connectivity index (χ0v) is 15.2. The Bertz CT molecular complexity index is 551. The van der Waals surface area contributed by atoms with Crippen molar-refractivity contribution in [2.75, 3.05) is 57.1 Å². The van der Waals surface area contributed by atoms with Gasteiger partial charge in [-0.1, -0.05) is 0 Å². The minimum atomic E-state index is 0.162. The number of nitrogens with one attached hydrogen (secondary N) is 1. The number of anilines is 2. The zero-order valence-electron chi connectivity index (χ0n) is 15.2. The molecule has 1 atom stereocenters. The average molecular weight is 330 g/mol. The molecular formula is C19H30N4O. The maximum atomic E-state index is 12.6. The Morgan fingerprint density at radius 2 is 1.75 bits per heavy atom. The number of carbonyl (C=O) groups is 1. The molecule has 5 nitrogen and oxygen atoms in total. The van der Waals surface area contributed by atoms with E-state index in [4.69, 9.17) is 0 Å². The van der Waals surface area contributed by atoms with E-state index in [0.29, 0.717) is 6.04 Å². The largest absolute Gasteiger partial charge is 0.370 e. The summed E-state index contributed by atoms with van der Waals surface area (Å²) in [5.74, 6) is 0.411. The number of piperidine rings is 1. The number of nitrogens with zero attached hydrogens (tertiary/aromatic N) is 3. The van der Waals surface area contributed by atoms with E-state index in [1.54, 1.807) is 0 Å². The maximum Gasteiger partial charge on any atom is 0.229 e. The number of hydrogen-bond acceptors (Lipinski definition) is 4. The van der Waals surface area contributed by atoms with Crippen LogP contribution in [0.5, 0.6) is 0 Å². The Morgan fingerprint density at radius 3 is 2.33 bits per heavy atom. The molecule has 3 rings (SSSR count). The molecule has 1 aromatic carbocycles. The lowest BCUT2D eigenvalue weighted by atomic mass is 9.96. The zero-order chi connectivity index (χ0) is 17.1. The molecule has 24 heavy (non-hydrogen) atoms. The molecule has 0 bridgehead atoms. The minimum absolute atomic E-state index is 0.162. The lowest BCUT2D eigenvalue weighted by Crippen LogP contribution is -2.39. The van der Waals surface area contributed by atoms with Crippen LogP contribution in [0.1, 0.15) is 19.3 Å². The molecule has 1 N–H and O–H groups in total. The van der Waals surface area contributed by atoms with Gasteiger partial charge in [0.25, 0.3) is 0 Å². The van der Waals surface area contributed by atoms with Crippen molar-refractivity contribution in [1.82, 2.24) is 10.2 Å². The van der Waals surface area contributed by atoms with Gasteiger partial charge in [0.2, 0.25) is 5.91 Å². The van der Waals surface area contributed by atoms with Crippen molar-refractivity contribution < 1.29 is 4.79 Å². The van der Waals surface area contributed by atoms with Gasteiger partial charge in [0.05, 0.1) is 0 Å². The molecule has 2 saturated heterocycles. The number of carbonyl (C=O) groups excluding carboxylic acids is 1. The maximum absolute atomic E-state index is 12.6. The van der Waals surface area contributed by atoms with Gasteiger partial charge in [-0.15, -0.1) is 0 Å². The highest BCUT2D eigenvalue weighted by atomic mass is 16.2. The highest BCUT2D eigenvalue weighted by molar-refractivity contribution is 5.94. The molecule has 5 heteroatoms. The van der Waals surface area contributed by atoms with Gasteiger partial charge in [0.15, 0.2) is 0 Å². The molecule has 0 aliphatic carbocycles. The van der Waals surface area contributed by atoms with Gasteiger partial charge in [0, 0.05) is 43.5 Å². The summed E-state index contributed by atoms with van der Waals surface area (Å²) < 4.78 is 0. The minimum Gasteiger partial charge on any atom is -0.370 e. The first-order valence-electron chi connectivity index (χ1n) is 9.06. The number of likely N-dealkylation sites (N-methyl/N-ethyl adjacent to an activating group) is 1. The van der Waals surface area contributed by atoms with E-state index in [9.17, 15) is 4.79 Å². The fourth-order valence-corrected chi connectivity index (χ4v) is 3.75. The first-order chi connectivity index (χ1) is 11.6. The van der Waals surface area contributed by atoms with Gasteiger partial charge in [-0.2, -0.15) is 0 Å². The lowest BCUT2D eigenvalue weighted by Gasteiger charge is -2.27. The molecule has 0 spiro atoms. The monoisotopic (exact) mass is 330 g/mol. The van der Waals surface area contributed by atoms with Gasteiger partial charge in [0.1, 0.15) is 0 Å². The fraction of sp³-hybridized carbons (Fsp3) is 0.632. The molecule has 0 aromatic heterocycles. The van der Waals surface area contributed by atoms with Crippen LogP contribution in [0.15, 0.2) is 24.3 Å². The number of amides is 1. The molecule has 132 valence electrons. The second kappa shape index (κ2) is 7.53. The fourth-order valence-electron chi connectivity index (χ4n) is 3.75. The Kier molecular flexibility index (Phi) is 5.41. The van der Waals surface area contributed by atoms with Gasteiger partial charge < -0.3 is 20.0 Å². The molecular weight excluding hydrogens is 300 g/mol. The van der Waals surface area contributed by atoms with Crippen LogP contribution >= 0.6 is 0 Å². The Labute approximate surface area is 145 Å². The van der Waals surface area contributed by atoms with Crippen LogP contribution in [0.3, 0.4) is 0 Å². The molecule has 2 heterocycles. The van der Waals surface area contributed by atoms with E-state index in [2.05, 4.69) is 53.5 Å². The third-order valence-electron chi connectivity index (χ3n) is 5.51. The van der Waals surface area contributed by atoms with Crippen LogP contribution in [0.4, 0.5) is 11.4 Å². The van der Waals surface area contributed by atoms with E-state index in [0.717, 1.165) is 44.7 Å². The molecule has 2 aliphatic rings. The summed E-state index contributed by atoms with van der Waals surface area (Å²) in [5.41, 5.74) is 2.25. The van der Waals surface area contributed by atoms with E-state index in [-0.39, 0.29) is 11.8 Å². The van der Waals surface area contributed by atoms with Crippen LogP contribution in [0.2, 0.25) is 0 Å². The molecule has 0 saturated carbocycles. The van der Waals surface area contributed by atoms with Crippen LogP contribution in [-0.2, 0) is 4.79 Å². The van der Waals surface area contributed by atoms with Crippen molar-refractivity contribution in [2.24, 2.45) is 5.92 Å². The third kappa shape index (κ3) is 3.73. The van der Waals surface area contributed by atoms with Crippen molar-refractivity contribution in [3.63, 3.8) is 0 Å². The quantitative estimate of drug-likeness (QED) is 0.913. The first-order valence-corrected chi connectivity index (χ1v) is 9.06. The smallest absolute Gasteiger partial charge is 0.229 e. The summed E-state index contributed by atoms with van der Waals surface area (Å²) in [6.07, 6.45) is 3.10. The van der Waals surface area contributed by atoms with Crippen LogP contribution in [-0.4, -0.2) is 64.2 Å². The summed E-state index contributed by atoms with van der Waals surface area (Å²) >= 11 is 0. The van der Waals surface area contributed by atoms with Crippen molar-refractivity contribution in [1.29, 1.82) is 0 Å². The second-order valence-corrected chi connectivity index (χ2v) is 7.29. The second-order valence-electron chi connectivity index (χ2n) is 7.29. The Hall–Kier alpha value is -1.59. The molecule has 1 amide bonds. The van der Waals surface area contributed by atoms with E-state index < -0.39 is 0 Å². The van der Waals surface area contributed by atoms with Crippen molar-refractivity contribution >= 4 is 17.3 Å². The molecule has 2 aliphatic heterocycles. The van der Waals surface area contributed by atoms with Crippen LogP contribution in [0, 0.1) is 5.92 Å². The molecule has 0 radical (unpaired) electrons. The average Bonchev–Trinajstić information content (AvgIpc) is 3.12. The predicted molar refractivity (Wildman–Crippen MR) is 99.8 cm³/mol. The standard InChI is InChI=1S/C19H30N4O/c1-21(2)18-10-13-23(14-18)17-6-4-16(5-7-17)22(3)19(24)15-8-11-20-12-9-15/h4-7,15,18,20H,8-14H2,1-3H3. The molecule has 1 unspecified atom stereocenters. The Morgan fingerprint density at radius 1 is 1.08 bits per heavy atom. The van der Waals surface area contributed by atoms with Crippen molar-refractivity contribution in [3.8, 4) is 0 Å². The third-order valence-corrected chi connectivity index (χ3v) is 5.51. The van der Waals surface area contributed by atoms with Crippen LogP contribution < -0.4 is 15.1 Å². The summed E-state index contributed by atoms with van der Waals surface area (Å²) in [6, 6.07) is 9.10. The van der Waals surface area contributed by atoms with Gasteiger partial charge >= 0.3 is 0 Å². The predicted octanol–water partition coefficient (Wildman–Crippen LogP) is 1.79. The van der Waals surface area contributed by atoms with Crippen molar-refractivity contribution in [2.45, 2.75) is 25.3 Å². The summed E-state index contributed by atoms with van der Waals surface area (Å²) in [5, 5.41) is 3.32. The van der Waals surface area contributed by atoms with Crippen molar-refractivity contribution in [3.05, 3.63) is 24.3 Å². The summed E-state index contributed by atoms with van der Waals surface area (Å²) in [7, 11) is 6.20. The normalized spacial score (nSPS) is 22.2. The van der Waals surface area contributed by atoms with Crippen LogP contribution in [0.25, 0.3) is 0 Å². The number of rotatable bonds is 4. The van der Waals surface area contributed by atoms with Gasteiger partial charge in [-0.05, 0) is 70.7 Å². The summed E-state index contributed by atoms with van der Waals surface area (Å²) in [6.45, 7) is 4.08. The number of hydrogen-bond donors (Lipinski definition) is 1. The summed E-state index contributed by atoms with van der Waals surface area (Å²) in [4.78, 5) is 19.2. The van der Waals surface area contributed by atoms with Gasteiger partial charge in [-0.3, -0.25) is 4.79 Å². The topological polar surface area (TPSA) is 38.8 Å². The van der Waals surface area contributed by atoms with Gasteiger partial charge in [-0.25, -0.2) is 0 Å². The van der Waals surface area contributed by atoms with E-state index in [1.807, 2.05) is 11.9 Å². The lowest BCUT2D eigenvalue weighted by molar-refractivity contribution is -0.122. The highest BCUT2D eigenvalue weighted by Gasteiger charge is 2.26. The van der Waals surface area contributed by atoms with E-state index in [1.165, 1.54) is 12.1 Å². The van der Waals surface area contributed by atoms with E-state index >= 15 is 0 Å². The molecule has 2 fully saturated rings. The highest BCUT2D eigenvalue weighted by Crippen LogP contribution is 2.26. The first kappa shape index (κ1) is 17.2.